The molecule has 0 saturated carbocycles. The van der Waals surface area contributed by atoms with Crippen LogP contribution in [0, 0.1) is 11.8 Å². The zero-order chi connectivity index (χ0) is 17.0. The lowest BCUT2D eigenvalue weighted by Gasteiger charge is -2.17. The third-order valence-corrected chi connectivity index (χ3v) is 4.20. The fourth-order valence-electron chi connectivity index (χ4n) is 3.00. The number of carbonyl (C=O) groups is 2. The molecule has 126 valence electrons. The second-order valence-electron chi connectivity index (χ2n) is 6.60. The Balaban J connectivity index is 2.08. The Labute approximate surface area is 135 Å². The van der Waals surface area contributed by atoms with Crippen LogP contribution >= 0.6 is 0 Å². The summed E-state index contributed by atoms with van der Waals surface area (Å²) in [6.45, 7) is 3.90. The van der Waals surface area contributed by atoms with Gasteiger partial charge in [-0.3, -0.25) is 14.4 Å². The largest absolute Gasteiger partial charge is 0.481 e. The minimum Gasteiger partial charge on any atom is -0.481 e. The Bertz CT molecular complexity index is 648. The average molecular weight is 320 g/mol. The van der Waals surface area contributed by atoms with Gasteiger partial charge in [0.25, 0.3) is 11.5 Å². The maximum atomic E-state index is 12.2. The van der Waals surface area contributed by atoms with E-state index in [0.717, 1.165) is 36.9 Å². The lowest BCUT2D eigenvalue weighted by Crippen LogP contribution is -2.36. The highest BCUT2D eigenvalue weighted by molar-refractivity contribution is 5.94. The highest BCUT2D eigenvalue weighted by Crippen LogP contribution is 2.18. The van der Waals surface area contributed by atoms with E-state index in [0.29, 0.717) is 6.42 Å². The third kappa shape index (κ3) is 4.43. The summed E-state index contributed by atoms with van der Waals surface area (Å²) in [5, 5.41) is 11.8. The van der Waals surface area contributed by atoms with Gasteiger partial charge in [-0.15, -0.1) is 0 Å². The lowest BCUT2D eigenvalue weighted by molar-refractivity contribution is -0.142. The molecule has 3 N–H and O–H groups in total. The summed E-state index contributed by atoms with van der Waals surface area (Å²) in [7, 11) is 0. The van der Waals surface area contributed by atoms with Crippen molar-refractivity contribution in [3.8, 4) is 0 Å². The summed E-state index contributed by atoms with van der Waals surface area (Å²) >= 11 is 0. The van der Waals surface area contributed by atoms with Crippen LogP contribution in [0.2, 0.25) is 0 Å². The zero-order valence-electron chi connectivity index (χ0n) is 13.6. The molecule has 1 aromatic rings. The molecule has 1 heterocycles. The van der Waals surface area contributed by atoms with Crippen LogP contribution in [-0.2, 0) is 17.6 Å². The molecule has 1 aliphatic carbocycles. The van der Waals surface area contributed by atoms with Crippen LogP contribution < -0.4 is 10.9 Å². The zero-order valence-corrected chi connectivity index (χ0v) is 13.6. The fourth-order valence-corrected chi connectivity index (χ4v) is 3.00. The van der Waals surface area contributed by atoms with Gasteiger partial charge in [0.2, 0.25) is 0 Å². The van der Waals surface area contributed by atoms with Crippen molar-refractivity contribution in [2.24, 2.45) is 11.8 Å². The van der Waals surface area contributed by atoms with E-state index >= 15 is 0 Å². The van der Waals surface area contributed by atoms with Gasteiger partial charge in [0.1, 0.15) is 5.56 Å². The highest BCUT2D eigenvalue weighted by atomic mass is 16.4. The molecule has 0 radical (unpaired) electrons. The second-order valence-corrected chi connectivity index (χ2v) is 6.60. The van der Waals surface area contributed by atoms with Crippen LogP contribution in [0.3, 0.4) is 0 Å². The topological polar surface area (TPSA) is 99.3 Å². The van der Waals surface area contributed by atoms with Crippen LogP contribution in [-0.4, -0.2) is 28.5 Å². The smallest absolute Gasteiger partial charge is 0.308 e. The van der Waals surface area contributed by atoms with Crippen LogP contribution in [0.4, 0.5) is 0 Å². The number of rotatable bonds is 6. The lowest BCUT2D eigenvalue weighted by atomic mass is 9.94. The number of aryl methyl sites for hydroxylation is 2. The first-order chi connectivity index (χ1) is 10.9. The Hall–Kier alpha value is -2.11. The van der Waals surface area contributed by atoms with Crippen LogP contribution in [0.1, 0.15) is 54.7 Å². The van der Waals surface area contributed by atoms with E-state index in [9.17, 15) is 19.5 Å². The van der Waals surface area contributed by atoms with Crippen molar-refractivity contribution in [3.05, 3.63) is 33.2 Å². The molecule has 23 heavy (non-hydrogen) atoms. The standard InChI is InChI=1S/C17H24N2O4/c1-10(2)7-12(17(22)23)9-18-15(20)13-8-11-5-3-4-6-14(11)19-16(13)21/h8,10,12H,3-7,9H2,1-2H3,(H,18,20)(H,19,21)(H,22,23). The Morgan fingerprint density at radius 3 is 2.65 bits per heavy atom. The van der Waals surface area contributed by atoms with Gasteiger partial charge in [-0.1, -0.05) is 13.8 Å². The number of aromatic amines is 1. The molecule has 1 amide bonds. The number of hydrogen-bond donors (Lipinski definition) is 3. The van der Waals surface area contributed by atoms with Crippen molar-refractivity contribution in [1.29, 1.82) is 0 Å². The van der Waals surface area contributed by atoms with Gasteiger partial charge in [0, 0.05) is 12.2 Å². The second kappa shape index (κ2) is 7.44. The SMILES string of the molecule is CC(C)CC(CNC(=O)c1cc2c([nH]c1=O)CCCC2)C(=O)O. The molecule has 0 aromatic carbocycles. The number of H-pyrrole nitrogens is 1. The first-order valence-corrected chi connectivity index (χ1v) is 8.14. The number of hydrogen-bond acceptors (Lipinski definition) is 3. The third-order valence-electron chi connectivity index (χ3n) is 4.20. The van der Waals surface area contributed by atoms with Crippen LogP contribution in [0.15, 0.2) is 10.9 Å². The first kappa shape index (κ1) is 17.2. The minimum atomic E-state index is -0.932. The van der Waals surface area contributed by atoms with Crippen LogP contribution in [0.25, 0.3) is 0 Å². The van der Waals surface area contributed by atoms with Crippen molar-refractivity contribution >= 4 is 11.9 Å². The van der Waals surface area contributed by atoms with E-state index in [-0.39, 0.29) is 18.0 Å². The number of pyridine rings is 1. The van der Waals surface area contributed by atoms with Crippen molar-refractivity contribution in [2.75, 3.05) is 6.54 Å². The summed E-state index contributed by atoms with van der Waals surface area (Å²) in [5.74, 6) is -1.86. The van der Waals surface area contributed by atoms with E-state index < -0.39 is 23.4 Å². The molecule has 1 aromatic heterocycles. The van der Waals surface area contributed by atoms with Gasteiger partial charge < -0.3 is 15.4 Å². The summed E-state index contributed by atoms with van der Waals surface area (Å²) < 4.78 is 0. The van der Waals surface area contributed by atoms with Gasteiger partial charge >= 0.3 is 5.97 Å². The number of fused-ring (bicyclic) bond motifs is 1. The number of aromatic nitrogens is 1. The molecule has 0 fully saturated rings. The van der Waals surface area contributed by atoms with Crippen molar-refractivity contribution in [3.63, 3.8) is 0 Å². The molecular weight excluding hydrogens is 296 g/mol. The predicted octanol–water partition coefficient (Wildman–Crippen LogP) is 1.73. The van der Waals surface area contributed by atoms with Crippen molar-refractivity contribution < 1.29 is 14.7 Å². The van der Waals surface area contributed by atoms with Gasteiger partial charge in [-0.2, -0.15) is 0 Å². The molecule has 0 bridgehead atoms. The summed E-state index contributed by atoms with van der Waals surface area (Å²) in [6.07, 6.45) is 4.27. The minimum absolute atomic E-state index is 0.0306. The summed E-state index contributed by atoms with van der Waals surface area (Å²) in [5.41, 5.74) is 1.59. The molecule has 0 saturated heterocycles. The molecular formula is C17H24N2O4. The first-order valence-electron chi connectivity index (χ1n) is 8.14. The van der Waals surface area contributed by atoms with Crippen molar-refractivity contribution in [1.82, 2.24) is 10.3 Å². The molecule has 0 aliphatic heterocycles. The number of carbonyl (C=O) groups excluding carboxylic acids is 1. The van der Waals surface area contributed by atoms with E-state index in [4.69, 9.17) is 0 Å². The Morgan fingerprint density at radius 1 is 1.30 bits per heavy atom. The molecule has 6 nitrogen and oxygen atoms in total. The molecule has 0 spiro atoms. The van der Waals surface area contributed by atoms with Gasteiger partial charge in [-0.25, -0.2) is 0 Å². The number of carboxylic acid groups (broad SMARTS) is 1. The Kier molecular flexibility index (Phi) is 5.58. The molecule has 1 atom stereocenters. The average Bonchev–Trinajstić information content (AvgIpc) is 2.49. The van der Waals surface area contributed by atoms with Crippen molar-refractivity contribution in [2.45, 2.75) is 46.0 Å². The van der Waals surface area contributed by atoms with Gasteiger partial charge in [0.05, 0.1) is 5.92 Å². The molecule has 1 aliphatic rings. The van der Waals surface area contributed by atoms with Gasteiger partial charge in [0.15, 0.2) is 0 Å². The van der Waals surface area contributed by atoms with E-state index in [1.807, 2.05) is 13.8 Å². The molecule has 1 unspecified atom stereocenters. The predicted molar refractivity (Wildman–Crippen MR) is 86.6 cm³/mol. The van der Waals surface area contributed by atoms with E-state index in [1.54, 1.807) is 6.07 Å². The van der Waals surface area contributed by atoms with Crippen LogP contribution in [0.5, 0.6) is 0 Å². The maximum Gasteiger partial charge on any atom is 0.308 e. The summed E-state index contributed by atoms with van der Waals surface area (Å²) in [4.78, 5) is 38.3. The molecule has 2 rings (SSSR count). The number of nitrogens with one attached hydrogen (secondary N) is 2. The maximum absolute atomic E-state index is 12.2. The van der Waals surface area contributed by atoms with Gasteiger partial charge in [-0.05, 0) is 49.7 Å². The number of carboxylic acids is 1. The fraction of sp³-hybridized carbons (Fsp3) is 0.588. The monoisotopic (exact) mass is 320 g/mol. The normalized spacial score (nSPS) is 15.1. The van der Waals surface area contributed by atoms with E-state index in [1.165, 1.54) is 0 Å². The quantitative estimate of drug-likeness (QED) is 0.743. The number of aliphatic carboxylic acids is 1. The number of amides is 1. The van der Waals surface area contributed by atoms with E-state index in [2.05, 4.69) is 10.3 Å². The highest BCUT2D eigenvalue weighted by Gasteiger charge is 2.22. The molecule has 6 heteroatoms. The summed E-state index contributed by atoms with van der Waals surface area (Å²) in [6, 6.07) is 1.65. The Morgan fingerprint density at radius 2 is 2.00 bits per heavy atom.